The van der Waals surface area contributed by atoms with E-state index in [0.29, 0.717) is 18.8 Å². The van der Waals surface area contributed by atoms with Gasteiger partial charge in [0.15, 0.2) is 0 Å². The molecule has 100 valence electrons. The summed E-state index contributed by atoms with van der Waals surface area (Å²) in [6.07, 6.45) is -0.0737. The summed E-state index contributed by atoms with van der Waals surface area (Å²) >= 11 is 0. The normalized spacial score (nSPS) is 12.0. The fourth-order valence-electron chi connectivity index (χ4n) is 1.45. The van der Waals surface area contributed by atoms with Crippen LogP contribution in [-0.2, 0) is 9.53 Å². The lowest BCUT2D eigenvalue weighted by Crippen LogP contribution is -2.05. The minimum atomic E-state index is -0.849. The van der Waals surface area contributed by atoms with E-state index in [1.54, 1.807) is 6.07 Å². The van der Waals surface area contributed by atoms with Gasteiger partial charge in [-0.1, -0.05) is 0 Å². The third-order valence-electron chi connectivity index (χ3n) is 2.44. The molecule has 0 unspecified atom stereocenters. The highest BCUT2D eigenvalue weighted by Gasteiger charge is 2.09. The van der Waals surface area contributed by atoms with Crippen LogP contribution in [0.2, 0.25) is 0 Å². The lowest BCUT2D eigenvalue weighted by molar-refractivity contribution is -0.140. The van der Waals surface area contributed by atoms with Crippen LogP contribution in [0.4, 0.5) is 4.39 Å². The first-order chi connectivity index (χ1) is 8.54. The Morgan fingerprint density at radius 3 is 2.78 bits per heavy atom. The van der Waals surface area contributed by atoms with Crippen LogP contribution in [-0.4, -0.2) is 24.8 Å². The lowest BCUT2D eigenvalue weighted by Gasteiger charge is -2.09. The summed E-state index contributed by atoms with van der Waals surface area (Å²) in [4.78, 5) is 10.8. The number of hydrogen-bond acceptors (Lipinski definition) is 4. The molecule has 0 saturated heterocycles. The van der Waals surface area contributed by atoms with Crippen LogP contribution >= 0.6 is 0 Å². The molecule has 1 aromatic carbocycles. The van der Waals surface area contributed by atoms with Crippen LogP contribution in [0, 0.1) is 5.82 Å². The van der Waals surface area contributed by atoms with Gasteiger partial charge in [0.1, 0.15) is 11.6 Å². The highest BCUT2D eigenvalue weighted by atomic mass is 19.1. The zero-order valence-electron chi connectivity index (χ0n) is 10.5. The molecule has 0 fully saturated rings. The number of benzene rings is 1. The average molecular weight is 256 g/mol. The fourth-order valence-corrected chi connectivity index (χ4v) is 1.45. The summed E-state index contributed by atoms with van der Waals surface area (Å²) in [6.45, 7) is 1.80. The van der Waals surface area contributed by atoms with Crippen molar-refractivity contribution in [3.05, 3.63) is 29.6 Å². The van der Waals surface area contributed by atoms with E-state index in [1.165, 1.54) is 26.2 Å². The molecule has 0 aliphatic carbocycles. The molecule has 1 N–H and O–H groups in total. The molecule has 0 aromatic heterocycles. The van der Waals surface area contributed by atoms with Gasteiger partial charge in [-0.25, -0.2) is 4.39 Å². The van der Waals surface area contributed by atoms with Crippen molar-refractivity contribution in [3.8, 4) is 5.75 Å². The number of hydrogen-bond donors (Lipinski definition) is 1. The average Bonchev–Trinajstić information content (AvgIpc) is 2.34. The topological polar surface area (TPSA) is 55.8 Å². The molecule has 4 nitrogen and oxygen atoms in total. The number of halogens is 1. The molecule has 0 aliphatic heterocycles. The number of rotatable bonds is 6. The maximum atomic E-state index is 13.5. The van der Waals surface area contributed by atoms with Crippen molar-refractivity contribution in [2.24, 2.45) is 0 Å². The first kappa shape index (κ1) is 14.4. The Bertz CT molecular complexity index is 404. The number of aliphatic hydroxyl groups excluding tert-OH is 1. The van der Waals surface area contributed by atoms with Gasteiger partial charge >= 0.3 is 5.97 Å². The molecule has 1 atom stereocenters. The van der Waals surface area contributed by atoms with E-state index in [2.05, 4.69) is 4.74 Å². The van der Waals surface area contributed by atoms with Crippen molar-refractivity contribution in [3.63, 3.8) is 0 Å². The predicted molar refractivity (Wildman–Crippen MR) is 63.8 cm³/mol. The molecule has 0 radical (unpaired) electrons. The smallest absolute Gasteiger partial charge is 0.305 e. The molecular weight excluding hydrogens is 239 g/mol. The minimum absolute atomic E-state index is 0.233. The van der Waals surface area contributed by atoms with Crippen LogP contribution in [0.25, 0.3) is 0 Å². The molecule has 0 amide bonds. The van der Waals surface area contributed by atoms with Crippen LogP contribution in [0.1, 0.15) is 31.4 Å². The van der Waals surface area contributed by atoms with Crippen molar-refractivity contribution >= 4 is 5.97 Å². The van der Waals surface area contributed by atoms with Crippen LogP contribution in [0.15, 0.2) is 18.2 Å². The number of carbonyl (C=O) groups is 1. The number of methoxy groups -OCH3 is 1. The van der Waals surface area contributed by atoms with E-state index in [4.69, 9.17) is 4.74 Å². The van der Waals surface area contributed by atoms with Gasteiger partial charge in [-0.2, -0.15) is 0 Å². The molecular formula is C13H17FO4. The van der Waals surface area contributed by atoms with E-state index in [-0.39, 0.29) is 18.0 Å². The maximum absolute atomic E-state index is 13.5. The first-order valence-electron chi connectivity index (χ1n) is 5.71. The molecule has 1 aromatic rings. The van der Waals surface area contributed by atoms with Gasteiger partial charge in [0.2, 0.25) is 0 Å². The summed E-state index contributed by atoms with van der Waals surface area (Å²) < 4.78 is 23.2. The highest BCUT2D eigenvalue weighted by molar-refractivity contribution is 5.69. The molecule has 18 heavy (non-hydrogen) atoms. The number of ether oxygens (including phenoxy) is 2. The summed E-state index contributed by atoms with van der Waals surface area (Å²) in [5.41, 5.74) is 0.233. The summed E-state index contributed by atoms with van der Waals surface area (Å²) in [6, 6.07) is 4.29. The van der Waals surface area contributed by atoms with Gasteiger partial charge in [-0.3, -0.25) is 4.79 Å². The Labute approximate surface area is 105 Å². The Kier molecular flexibility index (Phi) is 5.58. The Morgan fingerprint density at radius 2 is 2.22 bits per heavy atom. The molecule has 0 heterocycles. The number of carbonyl (C=O) groups excluding carboxylic acids is 1. The molecule has 0 saturated carbocycles. The predicted octanol–water partition coefficient (Wildman–Crippen LogP) is 2.21. The van der Waals surface area contributed by atoms with Crippen molar-refractivity contribution in [2.75, 3.05) is 13.7 Å². The van der Waals surface area contributed by atoms with Crippen molar-refractivity contribution in [2.45, 2.75) is 25.9 Å². The minimum Gasteiger partial charge on any atom is -0.493 e. The van der Waals surface area contributed by atoms with E-state index in [0.717, 1.165) is 0 Å². The number of esters is 1. The van der Waals surface area contributed by atoms with Gasteiger partial charge in [-0.05, 0) is 25.5 Å². The van der Waals surface area contributed by atoms with Gasteiger partial charge in [0.05, 0.1) is 19.8 Å². The van der Waals surface area contributed by atoms with E-state index < -0.39 is 11.9 Å². The van der Waals surface area contributed by atoms with E-state index in [1.807, 2.05) is 0 Å². The molecule has 0 aliphatic rings. The van der Waals surface area contributed by atoms with E-state index in [9.17, 15) is 14.3 Å². The monoisotopic (exact) mass is 256 g/mol. The number of aliphatic hydroxyl groups is 1. The molecule has 5 heteroatoms. The molecule has 0 bridgehead atoms. The first-order valence-corrected chi connectivity index (χ1v) is 5.71. The van der Waals surface area contributed by atoms with Gasteiger partial charge in [-0.15, -0.1) is 0 Å². The second kappa shape index (κ2) is 6.96. The second-order valence-electron chi connectivity index (χ2n) is 3.89. The van der Waals surface area contributed by atoms with Crippen molar-refractivity contribution in [1.29, 1.82) is 0 Å². The zero-order valence-corrected chi connectivity index (χ0v) is 10.5. The molecule has 0 spiro atoms. The van der Waals surface area contributed by atoms with E-state index >= 15 is 0 Å². The van der Waals surface area contributed by atoms with Crippen LogP contribution < -0.4 is 4.74 Å². The van der Waals surface area contributed by atoms with Gasteiger partial charge < -0.3 is 14.6 Å². The van der Waals surface area contributed by atoms with Crippen molar-refractivity contribution in [1.82, 2.24) is 0 Å². The Balaban J connectivity index is 2.44. The highest BCUT2D eigenvalue weighted by Crippen LogP contribution is 2.21. The third kappa shape index (κ3) is 4.33. The Morgan fingerprint density at radius 1 is 1.50 bits per heavy atom. The second-order valence-corrected chi connectivity index (χ2v) is 3.89. The van der Waals surface area contributed by atoms with Crippen LogP contribution in [0.3, 0.4) is 0 Å². The van der Waals surface area contributed by atoms with Crippen LogP contribution in [0.5, 0.6) is 5.75 Å². The standard InChI is InChI=1S/C13H17FO4/c1-9(15)11-6-5-10(8-12(11)14)18-7-3-4-13(16)17-2/h5-6,8-9,15H,3-4,7H2,1-2H3/t9-/m0/s1. The lowest BCUT2D eigenvalue weighted by atomic mass is 10.1. The SMILES string of the molecule is COC(=O)CCCOc1ccc([C@H](C)O)c(F)c1. The summed E-state index contributed by atoms with van der Waals surface area (Å²) in [5.74, 6) is -0.425. The van der Waals surface area contributed by atoms with Gasteiger partial charge in [0, 0.05) is 18.1 Å². The maximum Gasteiger partial charge on any atom is 0.305 e. The quantitative estimate of drug-likeness (QED) is 0.626. The molecule has 1 rings (SSSR count). The summed E-state index contributed by atoms with van der Waals surface area (Å²) in [7, 11) is 1.33. The summed E-state index contributed by atoms with van der Waals surface area (Å²) in [5, 5.41) is 9.27. The zero-order chi connectivity index (χ0) is 13.5. The largest absolute Gasteiger partial charge is 0.493 e. The fraction of sp³-hybridized carbons (Fsp3) is 0.462. The van der Waals surface area contributed by atoms with Crippen molar-refractivity contribution < 1.29 is 23.8 Å². The Hall–Kier alpha value is -1.62. The van der Waals surface area contributed by atoms with Gasteiger partial charge in [0.25, 0.3) is 0 Å². The third-order valence-corrected chi connectivity index (χ3v) is 2.44.